The topological polar surface area (TPSA) is 136 Å². The minimum absolute atomic E-state index is 0.0269. The first-order valence-electron chi connectivity index (χ1n) is 20.6. The number of aromatic amines is 1. The number of benzene rings is 4. The number of aromatic hydroxyl groups is 1. The van der Waals surface area contributed by atoms with Crippen molar-refractivity contribution in [3.63, 3.8) is 0 Å². The Morgan fingerprint density at radius 3 is 2.49 bits per heavy atom. The van der Waals surface area contributed by atoms with Crippen LogP contribution in [-0.2, 0) is 11.2 Å². The number of carbonyl (C=O) groups is 1. The number of nitrogens with zero attached hydrogens (tertiary/aromatic N) is 1. The summed E-state index contributed by atoms with van der Waals surface area (Å²) in [6.45, 7) is 6.62. The van der Waals surface area contributed by atoms with Crippen LogP contribution in [-0.4, -0.2) is 71.6 Å². The highest BCUT2D eigenvalue weighted by molar-refractivity contribution is 5.87. The molecule has 1 aliphatic heterocycles. The summed E-state index contributed by atoms with van der Waals surface area (Å²) in [5.74, 6) is 1.06. The molecule has 5 aromatic rings. The van der Waals surface area contributed by atoms with Crippen molar-refractivity contribution >= 4 is 17.0 Å². The van der Waals surface area contributed by atoms with Crippen molar-refractivity contribution in [1.29, 1.82) is 0 Å². The van der Waals surface area contributed by atoms with Gasteiger partial charge in [0.05, 0.1) is 24.3 Å². The van der Waals surface area contributed by atoms with Crippen molar-refractivity contribution in [1.82, 2.24) is 20.5 Å². The summed E-state index contributed by atoms with van der Waals surface area (Å²) in [5, 5.41) is 28.1. The molecule has 1 saturated heterocycles. The fourth-order valence-corrected chi connectivity index (χ4v) is 7.84. The molecule has 2 heterocycles. The molecule has 3 unspecified atom stereocenters. The molecule has 10 nitrogen and oxygen atoms in total. The van der Waals surface area contributed by atoms with Crippen LogP contribution in [0.5, 0.6) is 11.5 Å². The summed E-state index contributed by atoms with van der Waals surface area (Å²) in [5.41, 5.74) is 3.93. The number of alkyl carbamates (subject to hydrolysis) is 1. The molecular formula is C47H58N4O6. The Labute approximate surface area is 336 Å². The number of aryl methyl sites for hydroxylation is 1. The van der Waals surface area contributed by atoms with E-state index in [1.165, 1.54) is 17.7 Å². The third-order valence-electron chi connectivity index (χ3n) is 11.1. The minimum atomic E-state index is -0.790. The van der Waals surface area contributed by atoms with Gasteiger partial charge in [-0.15, -0.1) is 0 Å². The van der Waals surface area contributed by atoms with Crippen LogP contribution in [0.3, 0.4) is 0 Å². The van der Waals surface area contributed by atoms with E-state index >= 15 is 0 Å². The van der Waals surface area contributed by atoms with Crippen molar-refractivity contribution in [3.05, 3.63) is 142 Å². The number of likely N-dealkylation sites (tertiary alicyclic amines) is 1. The predicted molar refractivity (Wildman–Crippen MR) is 226 cm³/mol. The molecular weight excluding hydrogens is 717 g/mol. The second-order valence-corrected chi connectivity index (χ2v) is 15.1. The number of unbranched alkanes of at least 4 members (excludes halogenated alkanes) is 3. The fourth-order valence-electron chi connectivity index (χ4n) is 7.84. The van der Waals surface area contributed by atoms with Crippen LogP contribution in [0.25, 0.3) is 10.9 Å². The Hall–Kier alpha value is -5.16. The molecule has 1 fully saturated rings. The largest absolute Gasteiger partial charge is 0.506 e. The van der Waals surface area contributed by atoms with Gasteiger partial charge in [-0.25, -0.2) is 4.79 Å². The predicted octanol–water partition coefficient (Wildman–Crippen LogP) is 8.05. The second kappa shape index (κ2) is 21.4. The summed E-state index contributed by atoms with van der Waals surface area (Å²) >= 11 is 0. The Morgan fingerprint density at radius 2 is 1.68 bits per heavy atom. The minimum Gasteiger partial charge on any atom is -0.506 e. The van der Waals surface area contributed by atoms with Crippen LogP contribution in [0.1, 0.15) is 86.3 Å². The molecule has 0 bridgehead atoms. The maximum absolute atomic E-state index is 13.6. The molecule has 4 aromatic carbocycles. The Morgan fingerprint density at radius 1 is 0.895 bits per heavy atom. The van der Waals surface area contributed by atoms with E-state index < -0.39 is 18.2 Å². The number of phenols is 1. The van der Waals surface area contributed by atoms with Gasteiger partial charge in [-0.2, -0.15) is 0 Å². The van der Waals surface area contributed by atoms with Gasteiger partial charge in [-0.1, -0.05) is 85.8 Å². The van der Waals surface area contributed by atoms with Gasteiger partial charge in [0.2, 0.25) is 5.56 Å². The van der Waals surface area contributed by atoms with Crippen LogP contribution in [0.15, 0.2) is 114 Å². The second-order valence-electron chi connectivity index (χ2n) is 15.1. The van der Waals surface area contributed by atoms with Crippen LogP contribution in [0.2, 0.25) is 0 Å². The highest BCUT2D eigenvalue weighted by atomic mass is 16.6. The number of fused-ring (bicyclic) bond motifs is 1. The number of rotatable bonds is 20. The number of carbonyl (C=O) groups excluding carboxylic acids is 1. The molecule has 1 amide bonds. The van der Waals surface area contributed by atoms with Gasteiger partial charge in [0.15, 0.2) is 0 Å². The lowest BCUT2D eigenvalue weighted by Crippen LogP contribution is -2.47. The van der Waals surface area contributed by atoms with Gasteiger partial charge < -0.3 is 35.3 Å². The van der Waals surface area contributed by atoms with Gasteiger partial charge in [0.1, 0.15) is 17.6 Å². The smallest absolute Gasteiger partial charge is 0.408 e. The summed E-state index contributed by atoms with van der Waals surface area (Å²) < 4.78 is 12.4. The average molecular weight is 775 g/mol. The van der Waals surface area contributed by atoms with E-state index in [-0.39, 0.29) is 17.4 Å². The van der Waals surface area contributed by atoms with E-state index in [9.17, 15) is 19.8 Å². The summed E-state index contributed by atoms with van der Waals surface area (Å²) in [6.07, 6.45) is 6.71. The van der Waals surface area contributed by atoms with Gasteiger partial charge in [-0.05, 0) is 123 Å². The summed E-state index contributed by atoms with van der Waals surface area (Å²) in [7, 11) is 0. The fraction of sp³-hybridized carbons (Fsp3) is 0.404. The monoisotopic (exact) mass is 774 g/mol. The number of aliphatic hydroxyl groups is 1. The van der Waals surface area contributed by atoms with Crippen molar-refractivity contribution in [2.24, 2.45) is 5.92 Å². The van der Waals surface area contributed by atoms with E-state index in [1.54, 1.807) is 12.1 Å². The number of nitrogens with one attached hydrogen (secondary N) is 3. The molecule has 0 radical (unpaired) electrons. The number of aromatic nitrogens is 1. The first-order valence-corrected chi connectivity index (χ1v) is 20.6. The Kier molecular flexibility index (Phi) is 15.6. The average Bonchev–Trinajstić information content (AvgIpc) is 3.23. The molecule has 5 N–H and O–H groups in total. The summed E-state index contributed by atoms with van der Waals surface area (Å²) in [4.78, 5) is 30.4. The molecule has 0 spiro atoms. The maximum Gasteiger partial charge on any atom is 0.408 e. The van der Waals surface area contributed by atoms with Gasteiger partial charge >= 0.3 is 6.09 Å². The molecule has 10 heteroatoms. The lowest BCUT2D eigenvalue weighted by atomic mass is 9.91. The van der Waals surface area contributed by atoms with Crippen molar-refractivity contribution in [2.75, 3.05) is 39.3 Å². The van der Waals surface area contributed by atoms with Crippen LogP contribution in [0.4, 0.5) is 4.79 Å². The summed E-state index contributed by atoms with van der Waals surface area (Å²) in [6, 6.07) is 34.3. The van der Waals surface area contributed by atoms with E-state index in [0.29, 0.717) is 35.5 Å². The van der Waals surface area contributed by atoms with Crippen LogP contribution < -0.4 is 20.9 Å². The number of pyridine rings is 1. The van der Waals surface area contributed by atoms with Crippen LogP contribution >= 0.6 is 0 Å². The molecule has 6 rings (SSSR count). The number of piperidine rings is 1. The van der Waals surface area contributed by atoms with Gasteiger partial charge in [0.25, 0.3) is 0 Å². The van der Waals surface area contributed by atoms with E-state index in [1.807, 2.05) is 54.6 Å². The molecule has 1 aliphatic rings. The molecule has 0 aliphatic carbocycles. The van der Waals surface area contributed by atoms with Crippen molar-refractivity contribution < 1.29 is 24.5 Å². The first-order chi connectivity index (χ1) is 27.9. The molecule has 1 aromatic heterocycles. The van der Waals surface area contributed by atoms with Gasteiger partial charge in [0, 0.05) is 24.5 Å². The Balaban J connectivity index is 0.952. The molecule has 4 atom stereocenters. The maximum atomic E-state index is 13.6. The normalized spacial score (nSPS) is 16.9. The molecule has 57 heavy (non-hydrogen) atoms. The number of H-pyrrole nitrogens is 1. The molecule has 0 saturated carbocycles. The van der Waals surface area contributed by atoms with E-state index in [2.05, 4.69) is 57.8 Å². The zero-order valence-corrected chi connectivity index (χ0v) is 33.1. The third-order valence-corrected chi connectivity index (χ3v) is 11.1. The third kappa shape index (κ3) is 12.2. The van der Waals surface area contributed by atoms with Gasteiger partial charge in [-0.3, -0.25) is 9.69 Å². The zero-order chi connectivity index (χ0) is 39.8. The first kappa shape index (κ1) is 41.5. The van der Waals surface area contributed by atoms with E-state index in [4.69, 9.17) is 9.47 Å². The standard InChI is InChI=1S/C47H58N4O6/c1-2-35-26-29-51(28-12-10-17-34-15-6-3-7-16-34)33-43(35)57-47(55)50-45(36-18-8-4-9-19-36)37-20-14-21-38(31-37)56-30-13-5-11-27-48-32-42(53)39-22-24-41(52)46-40(39)23-25-44(54)49-46/h3-4,6-9,14-16,18-25,31,35,42-43,45,48,52-53H,2,5,10-13,17,26-30,32-33H2,1H3,(H,49,54)(H,50,55)/t35?,42-,43?,45?/m0/s1. The number of aliphatic hydroxyl groups excluding tert-OH is 1. The molecule has 302 valence electrons. The number of ether oxygens (including phenoxy) is 2. The van der Waals surface area contributed by atoms with Crippen molar-refractivity contribution in [2.45, 2.75) is 76.5 Å². The highest BCUT2D eigenvalue weighted by Crippen LogP contribution is 2.30. The lowest BCUT2D eigenvalue weighted by molar-refractivity contribution is 0.00153. The Bertz CT molecular complexity index is 2040. The SMILES string of the molecule is CCC1CCN(CCCCc2ccccc2)CC1OC(=O)NC(c1ccccc1)c1cccc(OCCCCCNC[C@H](O)c2ccc(O)c3[nH]c(=O)ccc23)c1. The van der Waals surface area contributed by atoms with Crippen molar-refractivity contribution in [3.8, 4) is 11.5 Å². The zero-order valence-electron chi connectivity index (χ0n) is 33.1. The highest BCUT2D eigenvalue weighted by Gasteiger charge is 2.31. The number of amides is 1. The van der Waals surface area contributed by atoms with Crippen LogP contribution in [0, 0.1) is 5.92 Å². The van der Waals surface area contributed by atoms with E-state index in [0.717, 1.165) is 94.4 Å². The lowest BCUT2D eigenvalue weighted by Gasteiger charge is -2.38. The number of hydrogen-bond acceptors (Lipinski definition) is 8. The number of hydrogen-bond donors (Lipinski definition) is 5. The quantitative estimate of drug-likeness (QED) is 0.0502. The number of phenolic OH excluding ortho intramolecular Hbond substituents is 1.